The molecule has 0 aliphatic carbocycles. The molecule has 1 aromatic rings. The summed E-state index contributed by atoms with van der Waals surface area (Å²) < 4.78 is 74.4. The Morgan fingerprint density at radius 2 is 0.787 bits per heavy atom. The number of aliphatic hydroxyl groups excluding tert-OH is 14. The molecule has 1 aliphatic rings. The standard InChI is InChI=1S/C46H22O9.C16H26O2.C15H32O.C6H10O3.C5H8O3.C5H12O2.2C4H10O2.5C3H8O2.30H2/c1-4-6-8-10-12-14-16-18-20-22-24-26-28-30-32-34-43(49)52-38-41(51-37-36-47)45-46(42(39-53-45)54-40(3)48)55-44(50)35-33-31-29-27-25-23-21-19-17-15-13-11-9-7-5-2;1-15(2,3)12-16(4,5)13-6-8-14(9-7-13)18-11-10-17;1-3-5-6-7-8-9-10-11-12-13-15-16-14-4-2;1-5(2)6(8)9-4-3-7;1-2-5(7)8-4-3-6;1-5(7-3)4-6-2;2*1-4(5)3-6-2;2*1-5-3-2-4;3*1-3(5)2-4;;;;;;;;;;;;;;;;;;;;;;;;;;;;;;/h41-42,45-47H,36-39H2,1-3H3;6-9,17H,10-12H2,1-5H3;3-15H2,1-2H3;7H,1,3-4H2,2H3;2,6H,1,3-4H2;5H,4H2,1-3H3;2*4-5H,3H2,1-2H3;2*4H,2-3H2,1H3;3*3-5H,2H2,1H3;30*1H. The van der Waals surface area contributed by atoms with Gasteiger partial charge < -0.3 is 143 Å². The van der Waals surface area contributed by atoms with Crippen molar-refractivity contribution in [2.24, 2.45) is 5.41 Å². The van der Waals surface area contributed by atoms with E-state index in [0.29, 0.717) is 50.6 Å². The number of hydrogen-bond donors (Lipinski definition) is 14. The van der Waals surface area contributed by atoms with Crippen LogP contribution in [0, 0.1) is 195 Å². The third-order valence-electron chi connectivity index (χ3n) is 15.2. The topological polar surface area (TPSA) is 507 Å². The number of unbranched alkanes of at least 4 members (excludes halogenated alkanes) is 9. The van der Waals surface area contributed by atoms with Gasteiger partial charge in [-0.1, -0.05) is 143 Å². The summed E-state index contributed by atoms with van der Waals surface area (Å²) >= 11 is 0. The molecule has 10 atom stereocenters. The highest BCUT2D eigenvalue weighted by Crippen LogP contribution is 2.37. The Kier molecular flexibility index (Phi) is 138. The van der Waals surface area contributed by atoms with Gasteiger partial charge in [-0.3, -0.25) is 4.79 Å². The fourth-order valence-electron chi connectivity index (χ4n) is 9.18. The smallest absolute Gasteiger partial charge is 0.385 e. The average Bonchev–Trinajstić information content (AvgIpc) is 1.56. The summed E-state index contributed by atoms with van der Waals surface area (Å²) in [6.07, 6.45) is 10.8. The lowest BCUT2D eigenvalue weighted by Crippen LogP contribution is -2.46. The predicted octanol–water partition coefficient (Wildman–Crippen LogP) is 13.6. The Labute approximate surface area is 940 Å². The minimum atomic E-state index is -1.24. The first kappa shape index (κ1) is 160. The average molecular weight is 2170 g/mol. The van der Waals surface area contributed by atoms with Gasteiger partial charge in [-0.2, -0.15) is 0 Å². The monoisotopic (exact) mass is 2170 g/mol. The lowest BCUT2D eigenvalue weighted by molar-refractivity contribution is -0.168. The minimum absolute atomic E-state index is 0. The van der Waals surface area contributed by atoms with Crippen LogP contribution < -0.4 is 4.74 Å². The van der Waals surface area contributed by atoms with Gasteiger partial charge >= 0.3 is 29.8 Å². The van der Waals surface area contributed by atoms with Gasteiger partial charge in [-0.15, -0.1) is 0 Å². The van der Waals surface area contributed by atoms with Crippen molar-refractivity contribution in [2.45, 2.75) is 261 Å². The number of hydrogen-bond acceptors (Lipinski definition) is 34. The molecule has 0 radical (unpaired) electrons. The fourth-order valence-corrected chi connectivity index (χ4v) is 9.18. The molecule has 10 unspecified atom stereocenters. The van der Waals surface area contributed by atoms with Gasteiger partial charge in [-0.05, 0) is 276 Å². The van der Waals surface area contributed by atoms with E-state index in [1.54, 1.807) is 77.3 Å². The van der Waals surface area contributed by atoms with E-state index in [1.807, 2.05) is 19.1 Å². The molecule has 1 saturated heterocycles. The summed E-state index contributed by atoms with van der Waals surface area (Å²) in [6, 6.07) is 8.21. The summed E-state index contributed by atoms with van der Waals surface area (Å²) in [5.41, 5.74) is 2.15. The second-order valence-electron chi connectivity index (χ2n) is 31.7. The van der Waals surface area contributed by atoms with Gasteiger partial charge in [0.25, 0.3) is 0 Å². The number of aliphatic hydroxyl groups is 14. The second-order valence-corrected chi connectivity index (χ2v) is 31.7. The molecule has 898 valence electrons. The molecule has 150 heavy (non-hydrogen) atoms. The largest absolute Gasteiger partial charge is 0.491 e. The molecular weight excluding hydrogens is 1940 g/mol. The van der Waals surface area contributed by atoms with Crippen LogP contribution in [0.3, 0.4) is 0 Å². The zero-order chi connectivity index (χ0) is 116. The van der Waals surface area contributed by atoms with Crippen LogP contribution in [0.5, 0.6) is 5.75 Å². The van der Waals surface area contributed by atoms with Crippen molar-refractivity contribution in [2.75, 3.05) is 188 Å². The van der Waals surface area contributed by atoms with E-state index in [0.717, 1.165) is 44.8 Å². The third-order valence-corrected chi connectivity index (χ3v) is 15.2. The normalized spacial score (nSPS) is 12.2. The fraction of sp³-hybridized carbons (Fsp3) is 0.595. The number of benzene rings is 1. The zero-order valence-electron chi connectivity index (χ0n) is 92.5. The lowest BCUT2D eigenvalue weighted by atomic mass is 9.72. The first-order valence-corrected chi connectivity index (χ1v) is 48.0. The summed E-state index contributed by atoms with van der Waals surface area (Å²) in [7, 11) is 9.56. The molecule has 34 nitrogen and oxygen atoms in total. The van der Waals surface area contributed by atoms with Gasteiger partial charge in [-0.25, -0.2) is 19.2 Å². The van der Waals surface area contributed by atoms with Gasteiger partial charge in [0, 0.05) is 129 Å². The number of carbonyl (C=O) groups excluding carboxylic acids is 5. The number of ether oxygens (including phenoxy) is 15. The Balaban J connectivity index is -0.0000000334. The van der Waals surface area contributed by atoms with Crippen molar-refractivity contribution in [3.05, 3.63) is 54.6 Å². The first-order valence-electron chi connectivity index (χ1n) is 48.0. The molecule has 0 spiro atoms. The highest BCUT2D eigenvalue weighted by atomic mass is 16.7. The quantitative estimate of drug-likeness (QED) is 0.00720. The molecule has 34 heteroatoms. The van der Waals surface area contributed by atoms with Crippen LogP contribution in [0.25, 0.3) is 0 Å². The molecule has 1 fully saturated rings. The Morgan fingerprint density at radius 3 is 1.08 bits per heavy atom. The number of esters is 5. The Bertz CT molecular complexity index is 4720. The van der Waals surface area contributed by atoms with Crippen LogP contribution >= 0.6 is 0 Å². The van der Waals surface area contributed by atoms with Gasteiger partial charge in [0.1, 0.15) is 44.4 Å². The van der Waals surface area contributed by atoms with Crippen LogP contribution in [0.1, 0.15) is 243 Å². The molecule has 1 aliphatic heterocycles. The molecule has 14 N–H and O–H groups in total. The Hall–Kier alpha value is -12.1. The molecule has 0 amide bonds. The number of methoxy groups -OCH3 is 6. The van der Waals surface area contributed by atoms with Crippen molar-refractivity contribution >= 4 is 29.8 Å². The summed E-state index contributed by atoms with van der Waals surface area (Å²) in [5.74, 6) is 75.1. The van der Waals surface area contributed by atoms with Crippen molar-refractivity contribution < 1.29 is 209 Å². The number of carbonyl (C=O) groups is 5. The van der Waals surface area contributed by atoms with Crippen LogP contribution in [-0.2, 0) is 95.7 Å². The molecule has 2 rings (SSSR count). The molecule has 0 aromatic heterocycles. The second kappa shape index (κ2) is 129. The maximum Gasteiger partial charge on any atom is 0.385 e. The van der Waals surface area contributed by atoms with Gasteiger partial charge in [0.15, 0.2) is 12.2 Å². The van der Waals surface area contributed by atoms with Gasteiger partial charge in [0.05, 0.1) is 142 Å². The first-order chi connectivity index (χ1) is 71.6. The SMILES string of the molecule is C=C(C)C(=O)OCCO.C=CC(=O)OCCO.CC#CC#CC#CC#CC#CC#CC#CC#CC(=O)OCC(OCCO)C1OCC(OC(C)=O)C1OC(=O)C#CC#CC#CC#CC#CC#CC#CC#CC.CC(C)(C)CC(C)(C)c1ccc(OCCO)cc1.CC(O)CO.CC(O)CO.CC(O)CO.CCCCCCCCCCCCOCCC.COCC(C)O.COCC(C)O.COCC(C)OC.COCCO.COCCO.[HH].[HH].[HH].[HH].[HH].[HH].[HH].[HH].[HH].[HH].[HH].[HH].[HH].[HH].[HH].[HH].[HH].[HH].[HH].[HH].[HH].[HH].[HH].[HH].[HH].[HH].[HH].[HH].[HH].[HH]. The number of rotatable bonds is 46. The summed E-state index contributed by atoms with van der Waals surface area (Å²) in [4.78, 5) is 57.1. The van der Waals surface area contributed by atoms with Crippen LogP contribution in [0.15, 0.2) is 49.1 Å². The summed E-state index contributed by atoms with van der Waals surface area (Å²) in [5, 5.41) is 115. The van der Waals surface area contributed by atoms with Crippen LogP contribution in [-0.4, -0.2) is 350 Å². The summed E-state index contributed by atoms with van der Waals surface area (Å²) in [6.45, 7) is 41.4. The van der Waals surface area contributed by atoms with E-state index in [9.17, 15) is 29.1 Å². The van der Waals surface area contributed by atoms with E-state index in [-0.39, 0.29) is 146 Å². The van der Waals surface area contributed by atoms with Crippen LogP contribution in [0.4, 0.5) is 0 Å². The lowest BCUT2D eigenvalue weighted by Gasteiger charge is -2.33. The van der Waals surface area contributed by atoms with E-state index >= 15 is 0 Å². The van der Waals surface area contributed by atoms with Crippen molar-refractivity contribution in [3.8, 4) is 195 Å². The molecule has 1 heterocycles. The maximum absolute atomic E-state index is 12.5. The van der Waals surface area contributed by atoms with E-state index in [2.05, 4.69) is 292 Å². The Morgan fingerprint density at radius 1 is 0.427 bits per heavy atom. The minimum Gasteiger partial charge on any atom is -0.491 e. The zero-order valence-corrected chi connectivity index (χ0v) is 92.5. The molecular formula is C116H230O34. The predicted molar refractivity (Wildman–Crippen MR) is 642 cm³/mol. The third kappa shape index (κ3) is 147. The van der Waals surface area contributed by atoms with Crippen molar-refractivity contribution in [1.82, 2.24) is 0 Å². The van der Waals surface area contributed by atoms with E-state index < -0.39 is 85.8 Å². The van der Waals surface area contributed by atoms with E-state index in [4.69, 9.17) is 109 Å². The van der Waals surface area contributed by atoms with E-state index in [1.165, 1.54) is 90.5 Å². The van der Waals surface area contributed by atoms with Crippen molar-refractivity contribution in [3.63, 3.8) is 0 Å². The van der Waals surface area contributed by atoms with Crippen LogP contribution in [0.2, 0.25) is 0 Å². The molecule has 0 bridgehead atoms. The van der Waals surface area contributed by atoms with Crippen molar-refractivity contribution in [1.29, 1.82) is 0 Å². The molecule has 1 aromatic carbocycles. The highest BCUT2D eigenvalue weighted by Gasteiger charge is 2.47. The van der Waals surface area contributed by atoms with Gasteiger partial charge in [0.2, 0.25) is 0 Å². The highest BCUT2D eigenvalue weighted by molar-refractivity contribution is 5.90. The molecule has 0 saturated carbocycles. The maximum atomic E-state index is 12.5.